The lowest BCUT2D eigenvalue weighted by atomic mass is 10.1. The Hall–Kier alpha value is -4.23. The maximum atomic E-state index is 14.4. The monoisotopic (exact) mass is 711 g/mol. The number of nitrogens with one attached hydrogen (secondary N) is 2. The lowest BCUT2D eigenvalue weighted by molar-refractivity contribution is -0.624. The van der Waals surface area contributed by atoms with Gasteiger partial charge in [0, 0.05) is 30.2 Å². The number of rotatable bonds is 10. The van der Waals surface area contributed by atoms with Gasteiger partial charge in [-0.05, 0) is 36.7 Å². The summed E-state index contributed by atoms with van der Waals surface area (Å²) >= 11 is 12.0. The van der Waals surface area contributed by atoms with Crippen molar-refractivity contribution in [2.45, 2.75) is 31.2 Å². The largest absolute Gasteiger partial charge is 0.618 e. The summed E-state index contributed by atoms with van der Waals surface area (Å²) in [6, 6.07) is 11.2. The Labute approximate surface area is 263 Å². The maximum Gasteiger partial charge on any atom is 0.490 e. The minimum Gasteiger partial charge on any atom is -0.618 e. The lowest BCUT2D eigenvalue weighted by Gasteiger charge is -2.17. The van der Waals surface area contributed by atoms with Gasteiger partial charge in [-0.2, -0.15) is 39.9 Å². The number of carboxylic acid groups (broad SMARTS) is 2. The molecule has 1 aromatic carbocycles. The number of hydrogen-bond acceptors (Lipinski definition) is 7. The average Bonchev–Trinajstić information content (AvgIpc) is 2.94. The minimum atomic E-state index is -5.08. The third kappa shape index (κ3) is 13.8. The van der Waals surface area contributed by atoms with E-state index >= 15 is 0 Å². The molecule has 2 aromatic heterocycles. The van der Waals surface area contributed by atoms with Crippen molar-refractivity contribution in [1.29, 1.82) is 0 Å². The van der Waals surface area contributed by atoms with Gasteiger partial charge in [-0.25, -0.2) is 14.6 Å². The number of carbonyl (C=O) groups is 2. The second-order valence-corrected chi connectivity index (χ2v) is 9.42. The second kappa shape index (κ2) is 17.5. The van der Waals surface area contributed by atoms with Gasteiger partial charge in [-0.3, -0.25) is 9.36 Å². The van der Waals surface area contributed by atoms with Crippen LogP contribution in [0.4, 0.5) is 40.9 Å². The molecule has 46 heavy (non-hydrogen) atoms. The first kappa shape index (κ1) is 39.8. The Bertz CT molecular complexity index is 1500. The summed E-state index contributed by atoms with van der Waals surface area (Å²) in [5, 5.41) is 32.2. The number of halogens is 10. The predicted octanol–water partition coefficient (Wildman–Crippen LogP) is 4.49. The zero-order valence-electron chi connectivity index (χ0n) is 22.9. The van der Waals surface area contributed by atoms with Crippen molar-refractivity contribution in [2.75, 3.05) is 25.0 Å². The summed E-state index contributed by atoms with van der Waals surface area (Å²) in [6.45, 7) is 0.336. The maximum absolute atomic E-state index is 14.4. The van der Waals surface area contributed by atoms with Gasteiger partial charge < -0.3 is 26.1 Å². The van der Waals surface area contributed by atoms with Crippen LogP contribution in [0, 0.1) is 5.21 Å². The summed E-state index contributed by atoms with van der Waals surface area (Å²) < 4.78 is 93.6. The summed E-state index contributed by atoms with van der Waals surface area (Å²) in [5.74, 6) is -9.30. The van der Waals surface area contributed by atoms with Crippen molar-refractivity contribution in [1.82, 2.24) is 14.9 Å². The first-order chi connectivity index (χ1) is 21.2. The minimum absolute atomic E-state index is 0.0874. The van der Waals surface area contributed by atoms with Crippen LogP contribution in [0.1, 0.15) is 11.3 Å². The van der Waals surface area contributed by atoms with E-state index in [-0.39, 0.29) is 22.2 Å². The molecule has 0 bridgehead atoms. The van der Waals surface area contributed by atoms with E-state index in [2.05, 4.69) is 15.6 Å². The summed E-state index contributed by atoms with van der Waals surface area (Å²) in [6.07, 6.45) is -7.22. The van der Waals surface area contributed by atoms with Crippen molar-refractivity contribution < 1.29 is 59.7 Å². The van der Waals surface area contributed by atoms with Crippen molar-refractivity contribution >= 4 is 41.0 Å². The molecule has 3 aromatic rings. The Morgan fingerprint density at radius 2 is 1.52 bits per heavy atom. The molecule has 0 unspecified atom stereocenters. The highest BCUT2D eigenvalue weighted by Crippen LogP contribution is 2.25. The van der Waals surface area contributed by atoms with E-state index in [4.69, 9.17) is 43.0 Å². The molecule has 0 amide bonds. The molecule has 2 heterocycles. The first-order valence-corrected chi connectivity index (χ1v) is 13.0. The van der Waals surface area contributed by atoms with Gasteiger partial charge in [0.2, 0.25) is 0 Å². The number of aromatic nitrogens is 3. The van der Waals surface area contributed by atoms with Crippen LogP contribution >= 0.6 is 23.2 Å². The Kier molecular flexibility index (Phi) is 15.1. The molecule has 0 atom stereocenters. The Balaban J connectivity index is 0.000000629. The molecule has 11 nitrogen and oxygen atoms in total. The molecule has 0 aliphatic carbocycles. The number of benzene rings is 1. The molecular formula is C25H23Cl2F8N5O6. The highest BCUT2D eigenvalue weighted by molar-refractivity contribution is 6.30. The summed E-state index contributed by atoms with van der Waals surface area (Å²) in [4.78, 5) is 34.2. The first-order valence-electron chi connectivity index (χ1n) is 12.3. The molecule has 0 aliphatic heterocycles. The molecule has 0 fully saturated rings. The Morgan fingerprint density at radius 1 is 0.935 bits per heavy atom. The van der Waals surface area contributed by atoms with Crippen LogP contribution in [0.15, 0.2) is 59.7 Å². The van der Waals surface area contributed by atoms with Crippen molar-refractivity contribution in [2.24, 2.45) is 0 Å². The number of hydrogen-bond donors (Lipinski definition) is 4. The van der Waals surface area contributed by atoms with Crippen LogP contribution in [0.2, 0.25) is 10.2 Å². The van der Waals surface area contributed by atoms with Gasteiger partial charge in [0.15, 0.2) is 12.0 Å². The van der Waals surface area contributed by atoms with Gasteiger partial charge in [0.25, 0.3) is 11.3 Å². The predicted molar refractivity (Wildman–Crippen MR) is 147 cm³/mol. The number of anilines is 1. The van der Waals surface area contributed by atoms with Gasteiger partial charge in [0.05, 0.1) is 12.7 Å². The van der Waals surface area contributed by atoms with Crippen LogP contribution in [0.3, 0.4) is 0 Å². The molecule has 0 saturated heterocycles. The summed E-state index contributed by atoms with van der Waals surface area (Å²) in [7, 11) is 0. The number of alkyl halides is 8. The number of aliphatic carboxylic acids is 2. The van der Waals surface area contributed by atoms with Crippen LogP contribution in [0.5, 0.6) is 0 Å². The Morgan fingerprint density at radius 3 is 2.04 bits per heavy atom. The van der Waals surface area contributed by atoms with Gasteiger partial charge >= 0.3 is 30.2 Å². The number of nitrogens with zero attached hydrogens (tertiary/aromatic N) is 3. The van der Waals surface area contributed by atoms with Crippen molar-refractivity contribution in [3.8, 4) is 0 Å². The van der Waals surface area contributed by atoms with E-state index in [0.29, 0.717) is 18.1 Å². The molecule has 3 rings (SSSR count). The zero-order chi connectivity index (χ0) is 35.3. The third-order valence-corrected chi connectivity index (χ3v) is 5.70. The number of carboxylic acids is 2. The topological polar surface area (TPSA) is 160 Å². The van der Waals surface area contributed by atoms with E-state index in [0.717, 1.165) is 24.2 Å². The van der Waals surface area contributed by atoms with Crippen LogP contribution in [-0.2, 0) is 28.5 Å². The number of pyridine rings is 1. The van der Waals surface area contributed by atoms with Gasteiger partial charge in [-0.1, -0.05) is 35.3 Å². The van der Waals surface area contributed by atoms with Crippen molar-refractivity contribution in [3.05, 3.63) is 91.9 Å². The van der Waals surface area contributed by atoms with Gasteiger partial charge in [0.1, 0.15) is 5.15 Å². The fourth-order valence-electron chi connectivity index (χ4n) is 3.03. The molecular weight excluding hydrogens is 689 g/mol. The fourth-order valence-corrected chi connectivity index (χ4v) is 3.46. The molecule has 21 heteroatoms. The van der Waals surface area contributed by atoms with Crippen LogP contribution in [-0.4, -0.2) is 63.7 Å². The highest BCUT2D eigenvalue weighted by atomic mass is 35.5. The smallest absolute Gasteiger partial charge is 0.490 e. The third-order valence-electron chi connectivity index (χ3n) is 5.16. The quantitative estimate of drug-likeness (QED) is 0.103. The van der Waals surface area contributed by atoms with E-state index < -0.39 is 48.0 Å². The molecule has 4 N–H and O–H groups in total. The van der Waals surface area contributed by atoms with E-state index in [1.165, 1.54) is 22.9 Å². The zero-order valence-corrected chi connectivity index (χ0v) is 24.4. The van der Waals surface area contributed by atoms with Gasteiger partial charge in [-0.15, -0.1) is 0 Å². The lowest BCUT2D eigenvalue weighted by Crippen LogP contribution is -2.41. The second-order valence-electron chi connectivity index (χ2n) is 8.59. The van der Waals surface area contributed by atoms with E-state index in [1.807, 2.05) is 18.2 Å². The van der Waals surface area contributed by atoms with Crippen LogP contribution < -0.4 is 20.9 Å². The highest BCUT2D eigenvalue weighted by Gasteiger charge is 2.40. The normalized spacial score (nSPS) is 11.4. The standard InChI is InChI=1S/C21H21Cl2F2N5O2.2C2HF3O2/c22-16-5-3-4-15(12-16)7-8-26-9-11-29-18(23)13-27-19(20(29)31)28-14-21(24,25)17-6-1-2-10-30(17)32;2*3-2(4,5)1(6)7/h1-6,10,12-13,26H,7-9,11,14H2,(H,27,28);2*(H,6,7). The van der Waals surface area contributed by atoms with Crippen LogP contribution in [0.25, 0.3) is 0 Å². The fraction of sp³-hybridized carbons (Fsp3) is 0.320. The van der Waals surface area contributed by atoms with E-state index in [9.17, 15) is 45.1 Å². The molecule has 0 radical (unpaired) electrons. The molecule has 254 valence electrons. The average molecular weight is 712 g/mol. The molecule has 0 spiro atoms. The molecule has 0 saturated carbocycles. The SMILES string of the molecule is O=C(O)C(F)(F)F.O=C(O)C(F)(F)F.O=c1c(NCC(F)(F)c2cccc[n+]2[O-])ncc(Cl)n1CCNCCc1cccc(Cl)c1. The molecule has 0 aliphatic rings. The summed E-state index contributed by atoms with van der Waals surface area (Å²) in [5.41, 5.74) is -0.284. The van der Waals surface area contributed by atoms with Crippen molar-refractivity contribution in [3.63, 3.8) is 0 Å². The van der Waals surface area contributed by atoms with E-state index in [1.54, 1.807) is 6.07 Å².